The van der Waals surface area contributed by atoms with E-state index in [2.05, 4.69) is 9.97 Å². The molecule has 0 radical (unpaired) electrons. The van der Waals surface area contributed by atoms with Crippen LogP contribution in [0.4, 0.5) is 0 Å². The number of aliphatic hydroxyl groups excluding tert-OH is 1. The monoisotopic (exact) mass is 290 g/mol. The van der Waals surface area contributed by atoms with Gasteiger partial charge in [0.1, 0.15) is 0 Å². The van der Waals surface area contributed by atoms with Crippen LogP contribution in [0.1, 0.15) is 5.56 Å². The summed E-state index contributed by atoms with van der Waals surface area (Å²) < 4.78 is 0. The number of aliphatic hydroxyl groups is 1. The van der Waals surface area contributed by atoms with E-state index in [0.717, 1.165) is 26.6 Å². The summed E-state index contributed by atoms with van der Waals surface area (Å²) >= 11 is 7.62. The maximum atomic E-state index is 9.36. The molecule has 19 heavy (non-hydrogen) atoms. The number of halogens is 1. The van der Waals surface area contributed by atoms with Crippen LogP contribution in [0.15, 0.2) is 52.5 Å². The van der Waals surface area contributed by atoms with Crippen LogP contribution in [0.25, 0.3) is 11.0 Å². The van der Waals surface area contributed by atoms with E-state index < -0.39 is 0 Å². The van der Waals surface area contributed by atoms with Gasteiger partial charge in [-0.15, -0.1) is 0 Å². The Morgan fingerprint density at radius 3 is 2.79 bits per heavy atom. The van der Waals surface area contributed by atoms with Gasteiger partial charge in [-0.2, -0.15) is 0 Å². The quantitative estimate of drug-likeness (QED) is 0.770. The lowest BCUT2D eigenvalue weighted by Gasteiger charge is -2.06. The second-order valence-corrected chi connectivity index (χ2v) is 5.45. The molecule has 0 bridgehead atoms. The van der Waals surface area contributed by atoms with Crippen molar-refractivity contribution in [3.63, 3.8) is 0 Å². The first-order valence-corrected chi connectivity index (χ1v) is 6.98. The second kappa shape index (κ2) is 5.25. The minimum atomic E-state index is -0.0386. The van der Waals surface area contributed by atoms with Gasteiger partial charge in [0.25, 0.3) is 0 Å². The molecule has 1 heterocycles. The minimum absolute atomic E-state index is 0.0386. The van der Waals surface area contributed by atoms with Crippen LogP contribution in [-0.4, -0.2) is 15.1 Å². The van der Waals surface area contributed by atoms with Crippen LogP contribution in [0.3, 0.4) is 0 Å². The number of H-pyrrole nitrogens is 1. The Bertz CT molecular complexity index is 693. The van der Waals surface area contributed by atoms with Crippen LogP contribution < -0.4 is 0 Å². The van der Waals surface area contributed by atoms with Gasteiger partial charge < -0.3 is 10.1 Å². The van der Waals surface area contributed by atoms with Crippen LogP contribution >= 0.6 is 23.4 Å². The van der Waals surface area contributed by atoms with Gasteiger partial charge >= 0.3 is 0 Å². The number of imidazole rings is 1. The molecule has 0 amide bonds. The van der Waals surface area contributed by atoms with Crippen molar-refractivity contribution in [2.24, 2.45) is 0 Å². The average Bonchev–Trinajstić information content (AvgIpc) is 2.83. The zero-order chi connectivity index (χ0) is 13.2. The molecule has 2 N–H and O–H groups in total. The molecule has 0 aliphatic carbocycles. The highest BCUT2D eigenvalue weighted by atomic mass is 35.5. The van der Waals surface area contributed by atoms with Gasteiger partial charge in [-0.25, -0.2) is 4.98 Å². The number of aromatic nitrogens is 2. The highest BCUT2D eigenvalue weighted by Crippen LogP contribution is 2.35. The number of benzene rings is 2. The SMILES string of the molecule is OCc1cccc(Cl)c1Sc1nc2ccccc2[nH]1. The molecule has 0 aliphatic rings. The van der Waals surface area contributed by atoms with Crippen LogP contribution in [0.2, 0.25) is 5.02 Å². The van der Waals surface area contributed by atoms with E-state index in [1.807, 2.05) is 42.5 Å². The molecule has 0 aliphatic heterocycles. The Morgan fingerprint density at radius 2 is 2.00 bits per heavy atom. The van der Waals surface area contributed by atoms with Gasteiger partial charge in [0, 0.05) is 4.90 Å². The van der Waals surface area contributed by atoms with E-state index in [9.17, 15) is 5.11 Å². The van der Waals surface area contributed by atoms with Crippen LogP contribution in [0, 0.1) is 0 Å². The summed E-state index contributed by atoms with van der Waals surface area (Å²) in [6.07, 6.45) is 0. The van der Waals surface area contributed by atoms with Gasteiger partial charge in [-0.1, -0.05) is 35.9 Å². The lowest BCUT2D eigenvalue weighted by molar-refractivity contribution is 0.279. The third kappa shape index (κ3) is 2.47. The molecule has 0 saturated heterocycles. The number of hydrogen-bond donors (Lipinski definition) is 2. The maximum absolute atomic E-state index is 9.36. The fourth-order valence-corrected chi connectivity index (χ4v) is 3.10. The number of rotatable bonds is 3. The largest absolute Gasteiger partial charge is 0.392 e. The summed E-state index contributed by atoms with van der Waals surface area (Å²) in [5, 5.41) is 10.7. The number of hydrogen-bond acceptors (Lipinski definition) is 3. The van der Waals surface area contributed by atoms with Gasteiger partial charge in [0.15, 0.2) is 5.16 Å². The molecular weight excluding hydrogens is 280 g/mol. The third-order valence-electron chi connectivity index (χ3n) is 2.79. The van der Waals surface area contributed by atoms with Crippen LogP contribution in [-0.2, 0) is 6.61 Å². The van der Waals surface area contributed by atoms with Crippen molar-refractivity contribution < 1.29 is 5.11 Å². The Labute approximate surface area is 119 Å². The Hall–Kier alpha value is -1.49. The zero-order valence-electron chi connectivity index (χ0n) is 9.93. The third-order valence-corrected chi connectivity index (χ3v) is 4.29. The van der Waals surface area contributed by atoms with E-state index >= 15 is 0 Å². The van der Waals surface area contributed by atoms with Gasteiger partial charge in [0.05, 0.1) is 22.7 Å². The molecule has 0 saturated carbocycles. The van der Waals surface area contributed by atoms with Crippen LogP contribution in [0.5, 0.6) is 0 Å². The van der Waals surface area contributed by atoms with E-state index in [1.54, 1.807) is 0 Å². The predicted octanol–water partition coefficient (Wildman–Crippen LogP) is 3.86. The number of aromatic amines is 1. The standard InChI is InChI=1S/C14H11ClN2OS/c15-10-5-3-4-9(8-18)13(10)19-14-16-11-6-1-2-7-12(11)17-14/h1-7,18H,8H2,(H,16,17). The molecule has 96 valence electrons. The molecule has 0 fully saturated rings. The van der Waals surface area contributed by atoms with E-state index in [-0.39, 0.29) is 6.61 Å². The van der Waals surface area contributed by atoms with Crippen molar-refractivity contribution in [1.82, 2.24) is 9.97 Å². The normalized spacial score (nSPS) is 11.1. The summed E-state index contributed by atoms with van der Waals surface area (Å²) in [6, 6.07) is 13.3. The van der Waals surface area contributed by atoms with Crippen molar-refractivity contribution in [2.45, 2.75) is 16.7 Å². The molecule has 0 unspecified atom stereocenters. The molecule has 3 nitrogen and oxygen atoms in total. The minimum Gasteiger partial charge on any atom is -0.392 e. The van der Waals surface area contributed by atoms with Crippen molar-refractivity contribution >= 4 is 34.4 Å². The van der Waals surface area contributed by atoms with Gasteiger partial charge in [-0.3, -0.25) is 0 Å². The zero-order valence-corrected chi connectivity index (χ0v) is 11.5. The summed E-state index contributed by atoms with van der Waals surface area (Å²) in [6.45, 7) is -0.0386. The first-order valence-electron chi connectivity index (χ1n) is 5.79. The average molecular weight is 291 g/mol. The molecule has 1 aromatic heterocycles. The lowest BCUT2D eigenvalue weighted by Crippen LogP contribution is -1.88. The van der Waals surface area contributed by atoms with E-state index in [0.29, 0.717) is 5.02 Å². The molecular formula is C14H11ClN2OS. The first kappa shape index (κ1) is 12.5. The second-order valence-electron chi connectivity index (χ2n) is 4.05. The molecule has 0 spiro atoms. The number of nitrogens with zero attached hydrogens (tertiary/aromatic N) is 1. The Kier molecular flexibility index (Phi) is 3.46. The van der Waals surface area contributed by atoms with Crippen molar-refractivity contribution in [3.8, 4) is 0 Å². The molecule has 5 heteroatoms. The molecule has 2 aromatic carbocycles. The number of para-hydroxylation sites is 2. The summed E-state index contributed by atoms with van der Waals surface area (Å²) in [5.41, 5.74) is 2.71. The van der Waals surface area contributed by atoms with Crippen molar-refractivity contribution in [2.75, 3.05) is 0 Å². The van der Waals surface area contributed by atoms with Gasteiger partial charge in [0.2, 0.25) is 0 Å². The lowest BCUT2D eigenvalue weighted by atomic mass is 10.2. The smallest absolute Gasteiger partial charge is 0.171 e. The fraction of sp³-hybridized carbons (Fsp3) is 0.0714. The Morgan fingerprint density at radius 1 is 1.16 bits per heavy atom. The Balaban J connectivity index is 2.01. The molecule has 3 aromatic rings. The highest BCUT2D eigenvalue weighted by Gasteiger charge is 2.11. The molecule has 3 rings (SSSR count). The topological polar surface area (TPSA) is 48.9 Å². The first-order chi connectivity index (χ1) is 9.28. The summed E-state index contributed by atoms with van der Waals surface area (Å²) in [5.74, 6) is 0. The van der Waals surface area contributed by atoms with Crippen molar-refractivity contribution in [3.05, 3.63) is 53.1 Å². The predicted molar refractivity (Wildman–Crippen MR) is 77.6 cm³/mol. The number of fused-ring (bicyclic) bond motifs is 1. The molecule has 0 atom stereocenters. The van der Waals surface area contributed by atoms with E-state index in [4.69, 9.17) is 11.6 Å². The van der Waals surface area contributed by atoms with E-state index in [1.165, 1.54) is 11.8 Å². The highest BCUT2D eigenvalue weighted by molar-refractivity contribution is 7.99. The maximum Gasteiger partial charge on any atom is 0.171 e. The fourth-order valence-electron chi connectivity index (χ4n) is 1.87. The summed E-state index contributed by atoms with van der Waals surface area (Å²) in [7, 11) is 0. The number of nitrogens with one attached hydrogen (secondary N) is 1. The summed E-state index contributed by atoms with van der Waals surface area (Å²) in [4.78, 5) is 8.56. The van der Waals surface area contributed by atoms with Crippen molar-refractivity contribution in [1.29, 1.82) is 0 Å². The van der Waals surface area contributed by atoms with Gasteiger partial charge in [-0.05, 0) is 35.5 Å².